The van der Waals surface area contributed by atoms with Crippen LogP contribution in [0.5, 0.6) is 0 Å². The molecule has 1 N–H and O–H groups in total. The SMILES string of the molecule is C[C@@H]1CN(C(=S)NCCSc2ccc(Cl)cc2)C[C@@H](C)O1. The van der Waals surface area contributed by atoms with Crippen LogP contribution in [-0.2, 0) is 4.74 Å². The van der Waals surface area contributed by atoms with E-state index in [1.54, 1.807) is 11.8 Å². The summed E-state index contributed by atoms with van der Waals surface area (Å²) >= 11 is 13.1. The minimum Gasteiger partial charge on any atom is -0.372 e. The van der Waals surface area contributed by atoms with E-state index in [1.807, 2.05) is 24.3 Å². The van der Waals surface area contributed by atoms with E-state index in [0.717, 1.165) is 35.5 Å². The summed E-state index contributed by atoms with van der Waals surface area (Å²) in [5.41, 5.74) is 0. The Labute approximate surface area is 141 Å². The molecule has 1 heterocycles. The van der Waals surface area contributed by atoms with Gasteiger partial charge in [0, 0.05) is 35.3 Å². The van der Waals surface area contributed by atoms with E-state index in [1.165, 1.54) is 4.90 Å². The standard InChI is InChI=1S/C15H21ClN2OS2/c1-11-9-18(10-12(2)19-11)15(20)17-7-8-21-14-5-3-13(16)4-6-14/h3-6,11-12H,7-10H2,1-2H3,(H,17,20)/t11-,12-/m1/s1. The van der Waals surface area contributed by atoms with Crippen LogP contribution in [0.25, 0.3) is 0 Å². The van der Waals surface area contributed by atoms with Crippen LogP contribution in [0.15, 0.2) is 29.2 Å². The summed E-state index contributed by atoms with van der Waals surface area (Å²) < 4.78 is 5.72. The number of thioether (sulfide) groups is 1. The smallest absolute Gasteiger partial charge is 0.169 e. The van der Waals surface area contributed by atoms with Crippen LogP contribution < -0.4 is 5.32 Å². The molecule has 1 aliphatic rings. The number of nitrogens with zero attached hydrogens (tertiary/aromatic N) is 1. The van der Waals surface area contributed by atoms with Crippen LogP contribution in [0.3, 0.4) is 0 Å². The summed E-state index contributed by atoms with van der Waals surface area (Å²) in [7, 11) is 0. The Bertz CT molecular complexity index is 459. The zero-order valence-corrected chi connectivity index (χ0v) is 14.7. The molecule has 2 rings (SSSR count). The maximum Gasteiger partial charge on any atom is 0.169 e. The Hall–Kier alpha value is -0.490. The van der Waals surface area contributed by atoms with Gasteiger partial charge in [0.25, 0.3) is 0 Å². The molecule has 1 aromatic carbocycles. The molecular weight excluding hydrogens is 324 g/mol. The fourth-order valence-electron chi connectivity index (χ4n) is 2.31. The molecule has 1 saturated heterocycles. The summed E-state index contributed by atoms with van der Waals surface area (Å²) in [5.74, 6) is 0.969. The summed E-state index contributed by atoms with van der Waals surface area (Å²) in [5, 5.41) is 4.93. The maximum atomic E-state index is 5.87. The van der Waals surface area contributed by atoms with Crippen molar-refractivity contribution in [2.45, 2.75) is 31.0 Å². The van der Waals surface area contributed by atoms with E-state index < -0.39 is 0 Å². The summed E-state index contributed by atoms with van der Waals surface area (Å²) in [6, 6.07) is 7.91. The molecule has 0 unspecified atom stereocenters. The molecule has 0 amide bonds. The van der Waals surface area contributed by atoms with Gasteiger partial charge in [0.15, 0.2) is 5.11 Å². The zero-order chi connectivity index (χ0) is 15.2. The first-order valence-electron chi connectivity index (χ1n) is 7.11. The minimum atomic E-state index is 0.233. The van der Waals surface area contributed by atoms with Crippen molar-refractivity contribution in [3.05, 3.63) is 29.3 Å². The monoisotopic (exact) mass is 344 g/mol. The number of morpholine rings is 1. The van der Waals surface area contributed by atoms with Crippen LogP contribution in [0.2, 0.25) is 5.02 Å². The lowest BCUT2D eigenvalue weighted by Gasteiger charge is -2.36. The van der Waals surface area contributed by atoms with Gasteiger partial charge < -0.3 is 15.0 Å². The van der Waals surface area contributed by atoms with Gasteiger partial charge in [-0.25, -0.2) is 0 Å². The average Bonchev–Trinajstić information content (AvgIpc) is 2.44. The molecule has 0 spiro atoms. The molecule has 1 fully saturated rings. The van der Waals surface area contributed by atoms with E-state index in [0.29, 0.717) is 0 Å². The Morgan fingerprint density at radius 2 is 1.95 bits per heavy atom. The highest BCUT2D eigenvalue weighted by molar-refractivity contribution is 7.99. The fourth-order valence-corrected chi connectivity index (χ4v) is 3.46. The third-order valence-corrected chi connectivity index (χ3v) is 4.84. The Morgan fingerprint density at radius 3 is 2.57 bits per heavy atom. The van der Waals surface area contributed by atoms with Gasteiger partial charge in [0.2, 0.25) is 0 Å². The van der Waals surface area contributed by atoms with Gasteiger partial charge in [-0.3, -0.25) is 0 Å². The maximum absolute atomic E-state index is 5.87. The number of benzene rings is 1. The molecule has 0 aromatic heterocycles. The van der Waals surface area contributed by atoms with E-state index in [2.05, 4.69) is 24.1 Å². The number of rotatable bonds is 4. The molecule has 116 valence electrons. The number of nitrogens with one attached hydrogen (secondary N) is 1. The summed E-state index contributed by atoms with van der Waals surface area (Å²) in [6.45, 7) is 6.75. The van der Waals surface area contributed by atoms with Crippen molar-refractivity contribution in [1.82, 2.24) is 10.2 Å². The third kappa shape index (κ3) is 5.66. The van der Waals surface area contributed by atoms with Gasteiger partial charge >= 0.3 is 0 Å². The van der Waals surface area contributed by atoms with Gasteiger partial charge in [-0.1, -0.05) is 11.6 Å². The van der Waals surface area contributed by atoms with E-state index >= 15 is 0 Å². The second-order valence-corrected chi connectivity index (χ2v) is 7.19. The van der Waals surface area contributed by atoms with E-state index in [9.17, 15) is 0 Å². The highest BCUT2D eigenvalue weighted by atomic mass is 35.5. The van der Waals surface area contributed by atoms with Crippen molar-refractivity contribution in [2.75, 3.05) is 25.4 Å². The van der Waals surface area contributed by atoms with Crippen molar-refractivity contribution < 1.29 is 4.74 Å². The molecule has 6 heteroatoms. The highest BCUT2D eigenvalue weighted by Crippen LogP contribution is 2.19. The fraction of sp³-hybridized carbons (Fsp3) is 0.533. The van der Waals surface area contributed by atoms with E-state index in [4.69, 9.17) is 28.6 Å². The van der Waals surface area contributed by atoms with Crippen molar-refractivity contribution >= 4 is 40.7 Å². The molecule has 0 saturated carbocycles. The van der Waals surface area contributed by atoms with Crippen LogP contribution in [0.1, 0.15) is 13.8 Å². The number of thiocarbonyl (C=S) groups is 1. The van der Waals surface area contributed by atoms with Crippen molar-refractivity contribution in [3.63, 3.8) is 0 Å². The quantitative estimate of drug-likeness (QED) is 0.512. The number of halogens is 1. The first-order valence-corrected chi connectivity index (χ1v) is 8.88. The van der Waals surface area contributed by atoms with Crippen LogP contribution in [0.4, 0.5) is 0 Å². The second-order valence-electron chi connectivity index (χ2n) is 5.20. The molecule has 1 aliphatic heterocycles. The molecule has 21 heavy (non-hydrogen) atoms. The lowest BCUT2D eigenvalue weighted by atomic mass is 10.2. The highest BCUT2D eigenvalue weighted by Gasteiger charge is 2.23. The number of ether oxygens (including phenoxy) is 1. The summed E-state index contributed by atoms with van der Waals surface area (Å²) in [4.78, 5) is 3.42. The molecular formula is C15H21ClN2OS2. The number of hydrogen-bond acceptors (Lipinski definition) is 3. The predicted molar refractivity (Wildman–Crippen MR) is 94.4 cm³/mol. The second kappa shape index (κ2) is 8.22. The van der Waals surface area contributed by atoms with Crippen molar-refractivity contribution in [2.24, 2.45) is 0 Å². The molecule has 2 atom stereocenters. The van der Waals surface area contributed by atoms with Crippen molar-refractivity contribution in [1.29, 1.82) is 0 Å². The van der Waals surface area contributed by atoms with Crippen LogP contribution >= 0.6 is 35.6 Å². The molecule has 3 nitrogen and oxygen atoms in total. The van der Waals surface area contributed by atoms with Crippen LogP contribution in [0, 0.1) is 0 Å². The lowest BCUT2D eigenvalue weighted by molar-refractivity contribution is -0.0481. The van der Waals surface area contributed by atoms with Gasteiger partial charge in [-0.05, 0) is 50.3 Å². The zero-order valence-electron chi connectivity index (χ0n) is 12.3. The molecule has 0 radical (unpaired) electrons. The Balaban J connectivity index is 1.68. The largest absolute Gasteiger partial charge is 0.372 e. The van der Waals surface area contributed by atoms with Gasteiger partial charge in [-0.15, -0.1) is 11.8 Å². The summed E-state index contributed by atoms with van der Waals surface area (Å²) in [6.07, 6.45) is 0.467. The average molecular weight is 345 g/mol. The minimum absolute atomic E-state index is 0.233. The van der Waals surface area contributed by atoms with Gasteiger partial charge in [-0.2, -0.15) is 0 Å². The third-order valence-electron chi connectivity index (χ3n) is 3.17. The molecule has 0 aliphatic carbocycles. The first kappa shape index (κ1) is 16.9. The topological polar surface area (TPSA) is 24.5 Å². The molecule has 1 aromatic rings. The molecule has 0 bridgehead atoms. The van der Waals surface area contributed by atoms with Crippen LogP contribution in [-0.4, -0.2) is 47.6 Å². The normalized spacial score (nSPS) is 22.1. The predicted octanol–water partition coefficient (Wildman–Crippen LogP) is 3.42. The van der Waals surface area contributed by atoms with Gasteiger partial charge in [0.1, 0.15) is 0 Å². The first-order chi connectivity index (χ1) is 10.0. The Morgan fingerprint density at radius 1 is 1.33 bits per heavy atom. The van der Waals surface area contributed by atoms with E-state index in [-0.39, 0.29) is 12.2 Å². The van der Waals surface area contributed by atoms with Crippen molar-refractivity contribution in [3.8, 4) is 0 Å². The lowest BCUT2D eigenvalue weighted by Crippen LogP contribution is -2.51. The van der Waals surface area contributed by atoms with Gasteiger partial charge in [0.05, 0.1) is 12.2 Å². The number of hydrogen-bond donors (Lipinski definition) is 1. The Kier molecular flexibility index (Phi) is 6.61.